The van der Waals surface area contributed by atoms with Crippen molar-refractivity contribution in [2.75, 3.05) is 13.1 Å². The molecule has 1 aromatic rings. The summed E-state index contributed by atoms with van der Waals surface area (Å²) in [5, 5.41) is 0. The fraction of sp³-hybridized carbons (Fsp3) is 0.478. The Balaban J connectivity index is 2.06. The summed E-state index contributed by atoms with van der Waals surface area (Å²) in [6, 6.07) is 6.10. The lowest BCUT2D eigenvalue weighted by molar-refractivity contribution is -0.0892. The van der Waals surface area contributed by atoms with Crippen molar-refractivity contribution >= 4 is 26.7 Å². The van der Waals surface area contributed by atoms with Crippen molar-refractivity contribution < 1.29 is 23.0 Å². The Hall–Kier alpha value is -2.47. The third kappa shape index (κ3) is 8.58. The van der Waals surface area contributed by atoms with Gasteiger partial charge in [0.2, 0.25) is 0 Å². The van der Waals surface area contributed by atoms with Gasteiger partial charge in [-0.2, -0.15) is 8.78 Å². The molecule has 0 bridgehead atoms. The number of carbonyl (C=O) groups is 1. The van der Waals surface area contributed by atoms with Crippen molar-refractivity contribution in [1.29, 1.82) is 0 Å². The zero-order valence-electron chi connectivity index (χ0n) is 19.0. The number of likely N-dealkylation sites (tertiary alicyclic amines) is 1. The highest BCUT2D eigenvalue weighted by Crippen LogP contribution is 2.27. The van der Waals surface area contributed by atoms with Crippen LogP contribution in [0.3, 0.4) is 0 Å². The van der Waals surface area contributed by atoms with Crippen LogP contribution < -0.4 is 10.5 Å². The van der Waals surface area contributed by atoms with Crippen LogP contribution in [0.15, 0.2) is 47.5 Å². The molecule has 0 radical (unpaired) electrons. The minimum absolute atomic E-state index is 0.0319. The summed E-state index contributed by atoms with van der Waals surface area (Å²) in [5.41, 5.74) is 8.19. The molecule has 6 nitrogen and oxygen atoms in total. The van der Waals surface area contributed by atoms with Crippen LogP contribution in [0, 0.1) is 0 Å². The second-order valence-corrected chi connectivity index (χ2v) is 9.45. The van der Waals surface area contributed by atoms with Crippen molar-refractivity contribution in [2.45, 2.75) is 58.0 Å². The van der Waals surface area contributed by atoms with Gasteiger partial charge in [-0.25, -0.2) is 4.79 Å². The zero-order chi connectivity index (χ0) is 24.1. The first-order chi connectivity index (χ1) is 14.7. The molecule has 1 saturated heterocycles. The number of amides is 1. The average molecular weight is 467 g/mol. The van der Waals surface area contributed by atoms with E-state index in [0.717, 1.165) is 5.57 Å². The van der Waals surface area contributed by atoms with Crippen molar-refractivity contribution in [2.24, 2.45) is 10.7 Å². The molecule has 1 aliphatic heterocycles. The van der Waals surface area contributed by atoms with Gasteiger partial charge >= 0.3 is 11.9 Å². The number of benzene rings is 1. The largest absolute Gasteiger partial charge is 0.444 e. The molecule has 176 valence electrons. The maximum atomic E-state index is 12.9. The van der Waals surface area contributed by atoms with E-state index in [4.69, 9.17) is 15.5 Å². The Bertz CT molecular complexity index is 879. The summed E-state index contributed by atoms with van der Waals surface area (Å²) in [6.45, 7) is 12.5. The molecule has 0 saturated carbocycles. The van der Waals surface area contributed by atoms with Gasteiger partial charge in [0.15, 0.2) is 0 Å². The third-order valence-electron chi connectivity index (χ3n) is 4.61. The topological polar surface area (TPSA) is 77.2 Å². The number of aliphatic imine (C=N–C) groups is 1. The molecule has 2 rings (SSSR count). The first kappa shape index (κ1) is 25.8. The summed E-state index contributed by atoms with van der Waals surface area (Å²) in [5.74, 6) is -3.30. The highest BCUT2D eigenvalue weighted by molar-refractivity contribution is 7.17. The van der Waals surface area contributed by atoms with Gasteiger partial charge in [0, 0.05) is 18.8 Å². The molecule has 32 heavy (non-hydrogen) atoms. The Morgan fingerprint density at radius 1 is 1.25 bits per heavy atom. The molecule has 2 N–H and O–H groups in total. The quantitative estimate of drug-likeness (QED) is 0.460. The second-order valence-electron chi connectivity index (χ2n) is 8.78. The summed E-state index contributed by atoms with van der Waals surface area (Å²) in [4.78, 5) is 18.7. The normalized spacial score (nSPS) is 16.7. The highest BCUT2D eigenvalue weighted by atomic mass is 31.0. The maximum absolute atomic E-state index is 12.9. The van der Waals surface area contributed by atoms with Crippen LogP contribution in [-0.4, -0.2) is 47.3 Å². The Morgan fingerprint density at radius 2 is 1.81 bits per heavy atom. The number of carbonyl (C=O) groups excluding carboxylic acids is 1. The molecule has 0 aromatic heterocycles. The number of rotatable bonds is 6. The van der Waals surface area contributed by atoms with Crippen LogP contribution in [-0.2, 0) is 4.74 Å². The summed E-state index contributed by atoms with van der Waals surface area (Å²) < 4.78 is 35.8. The van der Waals surface area contributed by atoms with Crippen LogP contribution in [0.25, 0.3) is 5.70 Å². The van der Waals surface area contributed by atoms with Gasteiger partial charge in [-0.05, 0) is 91.3 Å². The molecule has 1 aliphatic rings. The van der Waals surface area contributed by atoms with E-state index >= 15 is 0 Å². The third-order valence-corrected chi connectivity index (χ3v) is 4.73. The van der Waals surface area contributed by atoms with Crippen LogP contribution in [0.5, 0.6) is 5.75 Å². The van der Waals surface area contributed by atoms with Gasteiger partial charge in [-0.3, -0.25) is 4.99 Å². The van der Waals surface area contributed by atoms with Crippen molar-refractivity contribution in [1.82, 2.24) is 4.90 Å². The van der Waals surface area contributed by atoms with Crippen LogP contribution >= 0.6 is 9.24 Å². The van der Waals surface area contributed by atoms with Crippen LogP contribution in [0.4, 0.5) is 13.6 Å². The van der Waals surface area contributed by atoms with E-state index in [1.165, 1.54) is 21.4 Å². The monoisotopic (exact) mass is 467 g/mol. The zero-order valence-corrected chi connectivity index (χ0v) is 20.2. The van der Waals surface area contributed by atoms with Gasteiger partial charge in [-0.1, -0.05) is 6.58 Å². The fourth-order valence-electron chi connectivity index (χ4n) is 3.07. The van der Waals surface area contributed by atoms with Crippen molar-refractivity contribution in [3.05, 3.63) is 48.1 Å². The van der Waals surface area contributed by atoms with Crippen LogP contribution in [0.1, 0.15) is 46.1 Å². The lowest BCUT2D eigenvalue weighted by atomic mass is 10.0. The molecule has 1 unspecified atom stereocenters. The molecule has 0 spiro atoms. The van der Waals surface area contributed by atoms with Gasteiger partial charge in [0.05, 0.1) is 11.8 Å². The van der Waals surface area contributed by atoms with E-state index in [9.17, 15) is 13.6 Å². The smallest absolute Gasteiger partial charge is 0.410 e. The lowest BCUT2D eigenvalue weighted by Gasteiger charge is -2.32. The number of halogens is 2. The summed E-state index contributed by atoms with van der Waals surface area (Å²) >= 11 is 0. The minimum atomic E-state index is -3.33. The number of ether oxygens (including phenoxy) is 2. The predicted octanol–water partition coefficient (Wildman–Crippen LogP) is 5.21. The fourth-order valence-corrected chi connectivity index (χ4v) is 3.21. The average Bonchev–Trinajstić information content (AvgIpc) is 2.65. The van der Waals surface area contributed by atoms with E-state index in [0.29, 0.717) is 42.9 Å². The van der Waals surface area contributed by atoms with Crippen molar-refractivity contribution in [3.8, 4) is 5.75 Å². The number of allylic oxidation sites excluding steroid dienone is 2. The summed E-state index contributed by atoms with van der Waals surface area (Å²) in [6.07, 6.45) is 2.83. The Kier molecular flexibility index (Phi) is 8.41. The highest BCUT2D eigenvalue weighted by Gasteiger charge is 2.27. The van der Waals surface area contributed by atoms with E-state index in [1.807, 2.05) is 27.7 Å². The molecule has 1 fully saturated rings. The Morgan fingerprint density at radius 3 is 2.28 bits per heavy atom. The first-order valence-electron chi connectivity index (χ1n) is 10.4. The number of nitrogens with two attached hydrogens (primary N) is 1. The molecule has 9 heteroatoms. The molecule has 1 heterocycles. The van der Waals surface area contributed by atoms with Crippen LogP contribution in [0.2, 0.25) is 0 Å². The Labute approximate surface area is 190 Å². The molecule has 1 amide bonds. The minimum Gasteiger partial charge on any atom is -0.444 e. The number of alkyl halides is 2. The number of nitrogens with zero attached hydrogens (tertiary/aromatic N) is 2. The van der Waals surface area contributed by atoms with Gasteiger partial charge < -0.3 is 20.1 Å². The predicted molar refractivity (Wildman–Crippen MR) is 127 cm³/mol. The number of hydrogen-bond donors (Lipinski definition) is 1. The number of piperidine rings is 1. The molecule has 1 atom stereocenters. The number of hydrogen-bond acceptors (Lipinski definition) is 5. The van der Waals surface area contributed by atoms with E-state index in [2.05, 4.69) is 11.3 Å². The first-order valence-corrected chi connectivity index (χ1v) is 11.0. The maximum Gasteiger partial charge on any atom is 0.410 e. The van der Waals surface area contributed by atoms with Gasteiger partial charge in [0.1, 0.15) is 11.4 Å². The van der Waals surface area contributed by atoms with E-state index in [1.54, 1.807) is 23.1 Å². The summed E-state index contributed by atoms with van der Waals surface area (Å²) in [7, 11) is 1.33. The van der Waals surface area contributed by atoms with Crippen molar-refractivity contribution in [3.63, 3.8) is 0 Å². The van der Waals surface area contributed by atoms with E-state index in [-0.39, 0.29) is 17.9 Å². The SMILES string of the molecule is C=C(C)C(/C=C(\N)c1ccc(OC(F)(F)P)cc1)=NC1CCN(C(=O)OC(C)(C)C)CC1. The standard InChI is InChI=1S/C23H32F2N3O3P/c1-15(2)20(14-19(26)16-6-8-18(9-7-16)30-23(24,25)32)27-17-10-12-28(13-11-17)21(29)31-22(3,4)5/h6-9,14,17H,1,10-13,26,32H2,2-5H3/b19-14-,27-20?. The van der Waals surface area contributed by atoms with Gasteiger partial charge in [0.25, 0.3) is 0 Å². The second kappa shape index (κ2) is 10.4. The molecule has 1 aromatic carbocycles. The molecular weight excluding hydrogens is 435 g/mol. The van der Waals surface area contributed by atoms with Gasteiger partial charge in [-0.15, -0.1) is 0 Å². The lowest BCUT2D eigenvalue weighted by Crippen LogP contribution is -2.42. The van der Waals surface area contributed by atoms with E-state index < -0.39 is 11.5 Å². The molecule has 0 aliphatic carbocycles. The molecular formula is C23H32F2N3O3P.